The van der Waals surface area contributed by atoms with Crippen LogP contribution in [0.15, 0.2) is 6.07 Å². The van der Waals surface area contributed by atoms with E-state index < -0.39 is 17.7 Å². The van der Waals surface area contributed by atoms with Gasteiger partial charge < -0.3 is 14.6 Å². The molecule has 4 nitrogen and oxygen atoms in total. The van der Waals surface area contributed by atoms with Crippen molar-refractivity contribution in [3.8, 4) is 0 Å². The van der Waals surface area contributed by atoms with Crippen molar-refractivity contribution in [3.05, 3.63) is 28.3 Å². The SMILES string of the molecule is Cc1cc(NSCC2CCCCC2)c(C)c(C(OC(C)(C)C)C(=O)O)c1C. The molecule has 1 aliphatic carbocycles. The molecule has 1 saturated carbocycles. The average molecular weight is 394 g/mol. The molecule has 0 bridgehead atoms. The standard InChI is InChI=1S/C22H35NO3S/c1-14-12-18(23-27-13-17-10-8-7-9-11-17)16(3)19(15(14)2)20(21(24)25)26-22(4,5)6/h12,17,20,23H,7-11,13H2,1-6H3,(H,24,25). The van der Waals surface area contributed by atoms with Crippen LogP contribution in [0.2, 0.25) is 0 Å². The summed E-state index contributed by atoms with van der Waals surface area (Å²) in [6, 6.07) is 2.12. The highest BCUT2D eigenvalue weighted by atomic mass is 32.2. The first kappa shape index (κ1) is 22.1. The summed E-state index contributed by atoms with van der Waals surface area (Å²) >= 11 is 1.75. The molecule has 2 rings (SSSR count). The number of aliphatic carboxylic acids is 1. The van der Waals surface area contributed by atoms with Crippen LogP contribution < -0.4 is 4.72 Å². The van der Waals surface area contributed by atoms with Crippen LogP contribution in [0.25, 0.3) is 0 Å². The molecule has 0 heterocycles. The minimum Gasteiger partial charge on any atom is -0.479 e. The number of carbonyl (C=O) groups is 1. The molecule has 0 radical (unpaired) electrons. The van der Waals surface area contributed by atoms with E-state index in [0.717, 1.165) is 39.6 Å². The van der Waals surface area contributed by atoms with E-state index in [0.29, 0.717) is 0 Å². The van der Waals surface area contributed by atoms with Crippen LogP contribution in [0.3, 0.4) is 0 Å². The molecule has 0 aliphatic heterocycles. The van der Waals surface area contributed by atoms with E-state index >= 15 is 0 Å². The van der Waals surface area contributed by atoms with Crippen molar-refractivity contribution in [2.45, 2.75) is 85.4 Å². The Balaban J connectivity index is 2.22. The van der Waals surface area contributed by atoms with Gasteiger partial charge in [-0.15, -0.1) is 0 Å². The van der Waals surface area contributed by atoms with Crippen LogP contribution in [-0.2, 0) is 9.53 Å². The van der Waals surface area contributed by atoms with E-state index in [1.54, 1.807) is 11.9 Å². The van der Waals surface area contributed by atoms with Gasteiger partial charge in [-0.3, -0.25) is 0 Å². The Morgan fingerprint density at radius 2 is 1.85 bits per heavy atom. The number of ether oxygens (including phenoxy) is 1. The molecule has 0 spiro atoms. The van der Waals surface area contributed by atoms with Crippen LogP contribution in [-0.4, -0.2) is 22.4 Å². The summed E-state index contributed by atoms with van der Waals surface area (Å²) in [5.41, 5.74) is 4.28. The van der Waals surface area contributed by atoms with Gasteiger partial charge in [0.15, 0.2) is 6.10 Å². The van der Waals surface area contributed by atoms with Gasteiger partial charge in [-0.25, -0.2) is 4.79 Å². The van der Waals surface area contributed by atoms with Crippen molar-refractivity contribution in [3.63, 3.8) is 0 Å². The lowest BCUT2D eigenvalue weighted by molar-refractivity contribution is -0.160. The zero-order chi connectivity index (χ0) is 20.2. The van der Waals surface area contributed by atoms with Crippen LogP contribution in [0, 0.1) is 26.7 Å². The first-order valence-corrected chi connectivity index (χ1v) is 11.0. The summed E-state index contributed by atoms with van der Waals surface area (Å²) in [5.74, 6) is 0.948. The minimum absolute atomic E-state index is 0.533. The van der Waals surface area contributed by atoms with E-state index in [9.17, 15) is 9.90 Å². The Hall–Kier alpha value is -1.20. The van der Waals surface area contributed by atoms with E-state index in [1.807, 2.05) is 41.5 Å². The fourth-order valence-corrected chi connectivity index (χ4v) is 4.77. The fourth-order valence-electron chi connectivity index (χ4n) is 3.75. The second kappa shape index (κ2) is 9.33. The van der Waals surface area contributed by atoms with Crippen molar-refractivity contribution < 1.29 is 14.6 Å². The zero-order valence-electron chi connectivity index (χ0n) is 17.6. The smallest absolute Gasteiger partial charge is 0.337 e. The van der Waals surface area contributed by atoms with Gasteiger partial charge in [-0.05, 0) is 83.1 Å². The van der Waals surface area contributed by atoms with E-state index in [1.165, 1.54) is 32.1 Å². The quantitative estimate of drug-likeness (QED) is 0.541. The number of anilines is 1. The monoisotopic (exact) mass is 393 g/mol. The Kier molecular flexibility index (Phi) is 7.64. The third-order valence-electron chi connectivity index (χ3n) is 5.35. The molecule has 2 N–H and O–H groups in total. The fraction of sp³-hybridized carbons (Fsp3) is 0.682. The largest absolute Gasteiger partial charge is 0.479 e. The molecule has 0 aromatic heterocycles. The number of aryl methyl sites for hydroxylation is 1. The maximum absolute atomic E-state index is 12.0. The van der Waals surface area contributed by atoms with Crippen molar-refractivity contribution in [2.24, 2.45) is 5.92 Å². The van der Waals surface area contributed by atoms with Gasteiger partial charge in [0.05, 0.1) is 5.60 Å². The predicted molar refractivity (Wildman–Crippen MR) is 115 cm³/mol. The number of nitrogens with one attached hydrogen (secondary N) is 1. The molecule has 1 aromatic rings. The minimum atomic E-state index is -0.964. The third-order valence-corrected chi connectivity index (χ3v) is 6.35. The predicted octanol–water partition coefficient (Wildman–Crippen LogP) is 6.19. The summed E-state index contributed by atoms with van der Waals surface area (Å²) < 4.78 is 9.42. The molecule has 0 saturated heterocycles. The second-order valence-corrected chi connectivity index (χ2v) is 9.60. The van der Waals surface area contributed by atoms with Gasteiger partial charge in [-0.2, -0.15) is 0 Å². The molecule has 1 unspecified atom stereocenters. The highest BCUT2D eigenvalue weighted by molar-refractivity contribution is 8.00. The van der Waals surface area contributed by atoms with E-state index in [2.05, 4.69) is 10.8 Å². The Morgan fingerprint density at radius 3 is 2.41 bits per heavy atom. The zero-order valence-corrected chi connectivity index (χ0v) is 18.5. The van der Waals surface area contributed by atoms with Gasteiger partial charge >= 0.3 is 5.97 Å². The van der Waals surface area contributed by atoms with Gasteiger partial charge in [0.1, 0.15) is 0 Å². The Bertz CT molecular complexity index is 661. The molecule has 152 valence electrons. The summed E-state index contributed by atoms with van der Waals surface area (Å²) in [5, 5.41) is 9.82. The van der Waals surface area contributed by atoms with Gasteiger partial charge in [0.25, 0.3) is 0 Å². The molecule has 1 aromatic carbocycles. The highest BCUT2D eigenvalue weighted by Crippen LogP contribution is 2.36. The van der Waals surface area contributed by atoms with Crippen molar-refractivity contribution in [2.75, 3.05) is 10.5 Å². The van der Waals surface area contributed by atoms with Crippen molar-refractivity contribution in [1.29, 1.82) is 0 Å². The lowest BCUT2D eigenvalue weighted by atomic mass is 9.91. The molecule has 0 amide bonds. The van der Waals surface area contributed by atoms with Crippen LogP contribution in [0.5, 0.6) is 0 Å². The highest BCUT2D eigenvalue weighted by Gasteiger charge is 2.30. The Morgan fingerprint density at radius 1 is 1.22 bits per heavy atom. The number of hydrogen-bond donors (Lipinski definition) is 2. The van der Waals surface area contributed by atoms with Crippen LogP contribution >= 0.6 is 11.9 Å². The first-order chi connectivity index (χ1) is 12.6. The summed E-state index contributed by atoms with van der Waals surface area (Å²) in [7, 11) is 0. The molecular formula is C22H35NO3S. The number of carboxylic acids is 1. The average Bonchev–Trinajstić information content (AvgIpc) is 2.58. The lowest BCUT2D eigenvalue weighted by Crippen LogP contribution is -2.28. The number of hydrogen-bond acceptors (Lipinski definition) is 4. The summed E-state index contributed by atoms with van der Waals surface area (Å²) in [6.45, 7) is 11.7. The summed E-state index contributed by atoms with van der Waals surface area (Å²) in [4.78, 5) is 12.0. The maximum atomic E-state index is 12.0. The topological polar surface area (TPSA) is 58.6 Å². The van der Waals surface area contributed by atoms with Gasteiger partial charge in [0.2, 0.25) is 0 Å². The van der Waals surface area contributed by atoms with Gasteiger partial charge in [-0.1, -0.05) is 31.2 Å². The van der Waals surface area contributed by atoms with Crippen LogP contribution in [0.1, 0.15) is 81.2 Å². The van der Waals surface area contributed by atoms with Crippen molar-refractivity contribution >= 4 is 23.6 Å². The van der Waals surface area contributed by atoms with Crippen molar-refractivity contribution in [1.82, 2.24) is 0 Å². The van der Waals surface area contributed by atoms with Crippen LogP contribution in [0.4, 0.5) is 5.69 Å². The molecule has 27 heavy (non-hydrogen) atoms. The summed E-state index contributed by atoms with van der Waals surface area (Å²) in [6.07, 6.45) is 5.76. The maximum Gasteiger partial charge on any atom is 0.337 e. The number of benzene rings is 1. The van der Waals surface area contributed by atoms with E-state index in [-0.39, 0.29) is 0 Å². The lowest BCUT2D eigenvalue weighted by Gasteiger charge is -2.29. The number of carboxylic acid groups (broad SMARTS) is 1. The normalized spacial score (nSPS) is 17.0. The Labute approximate surface area is 168 Å². The molecule has 1 fully saturated rings. The van der Waals surface area contributed by atoms with Gasteiger partial charge in [0, 0.05) is 17.0 Å². The second-order valence-electron chi connectivity index (χ2n) is 8.77. The third kappa shape index (κ3) is 6.15. The number of rotatable bonds is 7. The molecule has 1 aliphatic rings. The molecular weight excluding hydrogens is 358 g/mol. The molecule has 1 atom stereocenters. The molecule has 5 heteroatoms. The van der Waals surface area contributed by atoms with E-state index in [4.69, 9.17) is 4.74 Å². The first-order valence-electron chi connectivity index (χ1n) is 9.99.